The maximum absolute atomic E-state index is 12.4. The molecule has 0 bridgehead atoms. The van der Waals surface area contributed by atoms with Crippen molar-refractivity contribution in [2.45, 2.75) is 39.7 Å². The highest BCUT2D eigenvalue weighted by Gasteiger charge is 2.35. The molecule has 7 nitrogen and oxygen atoms in total. The molecule has 0 saturated carbocycles. The summed E-state index contributed by atoms with van der Waals surface area (Å²) in [6.07, 6.45) is 1.76. The Kier molecular flexibility index (Phi) is 4.83. The molecule has 2 heterocycles. The van der Waals surface area contributed by atoms with Crippen LogP contribution in [0.4, 0.5) is 4.79 Å². The highest BCUT2D eigenvalue weighted by Crippen LogP contribution is 2.42. The third-order valence-corrected chi connectivity index (χ3v) is 5.04. The number of hydrogen-bond donors (Lipinski definition) is 2. The first kappa shape index (κ1) is 18.5. The van der Waals surface area contributed by atoms with Gasteiger partial charge >= 0.3 is 6.03 Å². The zero-order chi connectivity index (χ0) is 19.7. The number of fused-ring (bicyclic) bond motifs is 2. The Morgan fingerprint density at radius 3 is 2.93 bits per heavy atom. The van der Waals surface area contributed by atoms with Gasteiger partial charge in [0, 0.05) is 18.1 Å². The second kappa shape index (κ2) is 7.30. The standard InChI is InChI=1S/C21H26N2O5/c1-13-8-15-16(10-21(2,3)11-19(15)28-13)23-20(24)22-6-7-25-14-4-5-17-18(9-14)27-12-26-17/h4-5,8-9,16H,6-7,10-12H2,1-3H3,(H2,22,23,24). The molecule has 0 radical (unpaired) electrons. The van der Waals surface area contributed by atoms with Gasteiger partial charge in [-0.2, -0.15) is 0 Å². The van der Waals surface area contributed by atoms with Gasteiger partial charge in [0.2, 0.25) is 6.79 Å². The zero-order valence-electron chi connectivity index (χ0n) is 16.5. The summed E-state index contributed by atoms with van der Waals surface area (Å²) in [5.74, 6) is 3.93. The van der Waals surface area contributed by atoms with Gasteiger partial charge in [-0.3, -0.25) is 0 Å². The Bertz CT molecular complexity index is 874. The summed E-state index contributed by atoms with van der Waals surface area (Å²) in [4.78, 5) is 12.4. The van der Waals surface area contributed by atoms with Crippen LogP contribution in [0.1, 0.15) is 43.4 Å². The molecule has 2 amide bonds. The number of carbonyl (C=O) groups is 1. The number of ether oxygens (including phenoxy) is 3. The summed E-state index contributed by atoms with van der Waals surface area (Å²) in [6, 6.07) is 7.19. The minimum absolute atomic E-state index is 0.0500. The van der Waals surface area contributed by atoms with Gasteiger partial charge in [-0.1, -0.05) is 13.8 Å². The van der Waals surface area contributed by atoms with Crippen LogP contribution in [0, 0.1) is 12.3 Å². The average Bonchev–Trinajstić information content (AvgIpc) is 3.23. The summed E-state index contributed by atoms with van der Waals surface area (Å²) in [5.41, 5.74) is 1.17. The van der Waals surface area contributed by atoms with Crippen molar-refractivity contribution < 1.29 is 23.4 Å². The van der Waals surface area contributed by atoms with Crippen LogP contribution < -0.4 is 24.8 Å². The highest BCUT2D eigenvalue weighted by atomic mass is 16.7. The topological polar surface area (TPSA) is 82.0 Å². The maximum Gasteiger partial charge on any atom is 0.315 e. The SMILES string of the molecule is Cc1cc2c(o1)CC(C)(C)CC2NC(=O)NCCOc1ccc2c(c1)OCO2. The van der Waals surface area contributed by atoms with Crippen molar-refractivity contribution in [1.82, 2.24) is 10.6 Å². The number of nitrogens with one attached hydrogen (secondary N) is 2. The molecule has 150 valence electrons. The summed E-state index contributed by atoms with van der Waals surface area (Å²) < 4.78 is 22.1. The van der Waals surface area contributed by atoms with Gasteiger partial charge in [-0.05, 0) is 37.0 Å². The van der Waals surface area contributed by atoms with Crippen molar-refractivity contribution in [3.05, 3.63) is 41.3 Å². The largest absolute Gasteiger partial charge is 0.492 e. The number of amides is 2. The number of furan rings is 1. The van der Waals surface area contributed by atoms with E-state index >= 15 is 0 Å². The van der Waals surface area contributed by atoms with Crippen LogP contribution >= 0.6 is 0 Å². The van der Waals surface area contributed by atoms with Crippen molar-refractivity contribution >= 4 is 6.03 Å². The molecule has 1 aliphatic carbocycles. The fourth-order valence-electron chi connectivity index (χ4n) is 3.82. The van der Waals surface area contributed by atoms with E-state index in [1.54, 1.807) is 6.07 Å². The van der Waals surface area contributed by atoms with Crippen LogP contribution in [0.25, 0.3) is 0 Å². The smallest absolute Gasteiger partial charge is 0.315 e. The van der Waals surface area contributed by atoms with Gasteiger partial charge in [0.15, 0.2) is 11.5 Å². The molecule has 0 spiro atoms. The molecule has 28 heavy (non-hydrogen) atoms. The van der Waals surface area contributed by atoms with Crippen LogP contribution in [0.2, 0.25) is 0 Å². The molecular formula is C21H26N2O5. The highest BCUT2D eigenvalue weighted by molar-refractivity contribution is 5.74. The molecule has 1 aliphatic heterocycles. The van der Waals surface area contributed by atoms with Crippen LogP contribution in [0.3, 0.4) is 0 Å². The lowest BCUT2D eigenvalue weighted by Gasteiger charge is -2.34. The quantitative estimate of drug-likeness (QED) is 0.766. The van der Waals surface area contributed by atoms with E-state index < -0.39 is 0 Å². The van der Waals surface area contributed by atoms with E-state index in [1.165, 1.54) is 0 Å². The van der Waals surface area contributed by atoms with Crippen molar-refractivity contribution in [3.63, 3.8) is 0 Å². The molecular weight excluding hydrogens is 360 g/mol. The molecule has 2 aliphatic rings. The summed E-state index contributed by atoms with van der Waals surface area (Å²) in [6.45, 7) is 7.32. The van der Waals surface area contributed by atoms with Crippen LogP contribution in [-0.2, 0) is 6.42 Å². The van der Waals surface area contributed by atoms with E-state index in [-0.39, 0.29) is 24.3 Å². The Balaban J connectivity index is 1.27. The van der Waals surface area contributed by atoms with Gasteiger partial charge in [0.1, 0.15) is 23.9 Å². The van der Waals surface area contributed by atoms with E-state index in [9.17, 15) is 4.79 Å². The number of carbonyl (C=O) groups excluding carboxylic acids is 1. The van der Waals surface area contributed by atoms with Gasteiger partial charge in [0.05, 0.1) is 12.6 Å². The fourth-order valence-corrected chi connectivity index (χ4v) is 3.82. The Hall–Kier alpha value is -2.83. The molecule has 0 saturated heterocycles. The van der Waals surface area contributed by atoms with Crippen LogP contribution in [0.5, 0.6) is 17.2 Å². The van der Waals surface area contributed by atoms with E-state index in [4.69, 9.17) is 18.6 Å². The summed E-state index contributed by atoms with van der Waals surface area (Å²) >= 11 is 0. The second-order valence-corrected chi connectivity index (χ2v) is 8.10. The number of rotatable bonds is 5. The summed E-state index contributed by atoms with van der Waals surface area (Å²) in [5, 5.41) is 5.93. The minimum atomic E-state index is -0.207. The number of hydrogen-bond acceptors (Lipinski definition) is 5. The van der Waals surface area contributed by atoms with Crippen molar-refractivity contribution in [2.24, 2.45) is 5.41 Å². The van der Waals surface area contributed by atoms with Gasteiger partial charge < -0.3 is 29.3 Å². The van der Waals surface area contributed by atoms with Gasteiger partial charge in [-0.15, -0.1) is 0 Å². The van der Waals surface area contributed by atoms with E-state index in [2.05, 4.69) is 24.5 Å². The molecule has 4 rings (SSSR count). The molecule has 1 atom stereocenters. The maximum atomic E-state index is 12.4. The number of urea groups is 1. The van der Waals surface area contributed by atoms with Gasteiger partial charge in [-0.25, -0.2) is 4.79 Å². The Morgan fingerprint density at radius 1 is 1.25 bits per heavy atom. The molecule has 0 fully saturated rings. The average molecular weight is 386 g/mol. The van der Waals surface area contributed by atoms with Crippen molar-refractivity contribution in [1.29, 1.82) is 0 Å². The van der Waals surface area contributed by atoms with Crippen molar-refractivity contribution in [3.8, 4) is 17.2 Å². The van der Waals surface area contributed by atoms with Crippen molar-refractivity contribution in [2.75, 3.05) is 19.9 Å². The minimum Gasteiger partial charge on any atom is -0.492 e. The van der Waals surface area contributed by atoms with Crippen LogP contribution in [0.15, 0.2) is 28.7 Å². The molecule has 1 unspecified atom stereocenters. The lowest BCUT2D eigenvalue weighted by molar-refractivity contribution is 0.173. The first-order chi connectivity index (χ1) is 13.4. The molecule has 1 aromatic carbocycles. The molecule has 2 aromatic rings. The first-order valence-corrected chi connectivity index (χ1v) is 9.56. The van der Waals surface area contributed by atoms with Crippen LogP contribution in [-0.4, -0.2) is 26.0 Å². The zero-order valence-corrected chi connectivity index (χ0v) is 16.5. The number of aryl methyl sites for hydroxylation is 1. The predicted molar refractivity (Wildman–Crippen MR) is 103 cm³/mol. The molecule has 1 aromatic heterocycles. The third-order valence-electron chi connectivity index (χ3n) is 5.04. The third kappa shape index (κ3) is 4.03. The lowest BCUT2D eigenvalue weighted by atomic mass is 9.75. The van der Waals surface area contributed by atoms with Gasteiger partial charge in [0.25, 0.3) is 0 Å². The Morgan fingerprint density at radius 2 is 2.07 bits per heavy atom. The van der Waals surface area contributed by atoms with E-state index in [0.717, 1.165) is 29.9 Å². The molecule has 2 N–H and O–H groups in total. The second-order valence-electron chi connectivity index (χ2n) is 8.10. The fraction of sp³-hybridized carbons (Fsp3) is 0.476. The van der Waals surface area contributed by atoms with E-state index in [1.807, 2.05) is 25.1 Å². The predicted octanol–water partition coefficient (Wildman–Crippen LogP) is 3.71. The molecule has 7 heteroatoms. The summed E-state index contributed by atoms with van der Waals surface area (Å²) in [7, 11) is 0. The normalized spacial score (nSPS) is 19.0. The number of benzene rings is 1. The first-order valence-electron chi connectivity index (χ1n) is 9.56. The lowest BCUT2D eigenvalue weighted by Crippen LogP contribution is -2.42. The Labute approximate surface area is 164 Å². The van der Waals surface area contributed by atoms with E-state index in [0.29, 0.717) is 30.4 Å². The monoisotopic (exact) mass is 386 g/mol.